The first-order chi connectivity index (χ1) is 26.2. The number of hydrogen-bond acceptors (Lipinski definition) is 16. The first kappa shape index (κ1) is 58.9. The summed E-state index contributed by atoms with van der Waals surface area (Å²) >= 11 is -9.15. The molecule has 0 heterocycles. The molecule has 352 valence electrons. The van der Waals surface area contributed by atoms with E-state index >= 15 is 0 Å². The fraction of sp³-hybridized carbons (Fsp3) is 0.818. The number of rotatable bonds is 20. The second-order valence-electron chi connectivity index (χ2n) is 23.0. The Morgan fingerprint density at radius 1 is 0.262 bits per heavy atom. The molecule has 8 N–H and O–H groups in total. The van der Waals surface area contributed by atoms with Gasteiger partial charge in [0.2, 0.25) is 0 Å². The molecule has 0 bridgehead atoms. The average Bonchev–Trinajstić information content (AvgIpc) is 3.01. The second kappa shape index (κ2) is 17.4. The average molecular weight is 952 g/mol. The molecule has 0 aliphatic heterocycles. The van der Waals surface area contributed by atoms with Crippen LogP contribution in [0.15, 0.2) is 0 Å². The van der Waals surface area contributed by atoms with Gasteiger partial charge in [-0.05, 0) is 0 Å². The second-order valence-corrected chi connectivity index (χ2v) is 33.6. The van der Waals surface area contributed by atoms with Crippen LogP contribution in [0, 0.1) is 43.3 Å². The Kier molecular flexibility index (Phi) is 16.8. The van der Waals surface area contributed by atoms with Crippen molar-refractivity contribution in [1.29, 1.82) is 0 Å². The summed E-state index contributed by atoms with van der Waals surface area (Å²) in [5, 5.41) is 104. The maximum absolute atomic E-state index is 14.4. The number of aliphatic hydroxyl groups is 8. The van der Waals surface area contributed by atoms with E-state index in [-0.39, 0.29) is 0 Å². The SMILES string of the molecule is CC(C)(C)C(=O)CC(=O)C(C)(C)[C](O)(O)[Zr]([C](O)(O)C(C)(C)C(=O)CC(=O)C(C)(C)C)([C](O)(O)C(C)(C)C(=O)CC(=O)C(C)(C)C)[C](O)(O)C(C)(C)C(=O)CC(=O)C(C)(C)C. The van der Waals surface area contributed by atoms with E-state index in [1.54, 1.807) is 0 Å². The van der Waals surface area contributed by atoms with Gasteiger partial charge in [0.15, 0.2) is 0 Å². The van der Waals surface area contributed by atoms with Crippen LogP contribution >= 0.6 is 0 Å². The van der Waals surface area contributed by atoms with Gasteiger partial charge in [0.25, 0.3) is 0 Å². The topological polar surface area (TPSA) is 298 Å². The molecule has 0 radical (unpaired) electrons. The molecule has 61 heavy (non-hydrogen) atoms. The molecule has 0 aromatic carbocycles. The van der Waals surface area contributed by atoms with Crippen LogP contribution in [0.4, 0.5) is 0 Å². The van der Waals surface area contributed by atoms with Crippen LogP contribution in [0.5, 0.6) is 0 Å². The van der Waals surface area contributed by atoms with Crippen LogP contribution in [-0.2, 0) is 58.6 Å². The summed E-state index contributed by atoms with van der Waals surface area (Å²) < 4.78 is -18.5. The van der Waals surface area contributed by atoms with Crippen molar-refractivity contribution >= 4 is 46.3 Å². The minimum atomic E-state index is -9.15. The van der Waals surface area contributed by atoms with Crippen LogP contribution in [0.1, 0.15) is 164 Å². The first-order valence-electron chi connectivity index (χ1n) is 20.3. The normalized spacial score (nSPS) is 15.0. The maximum atomic E-state index is 14.4. The molecule has 0 aromatic heterocycles. The third kappa shape index (κ3) is 10.1. The quantitative estimate of drug-likeness (QED) is 0.0643. The fourth-order valence-corrected chi connectivity index (χ4v) is 24.4. The number of hydrogen-bond donors (Lipinski definition) is 8. The molecule has 16 nitrogen and oxygen atoms in total. The van der Waals surface area contributed by atoms with Crippen LogP contribution in [0.2, 0.25) is 0 Å². The van der Waals surface area contributed by atoms with Gasteiger partial charge < -0.3 is 0 Å². The van der Waals surface area contributed by atoms with Gasteiger partial charge in [0.1, 0.15) is 0 Å². The standard InChI is InChI=1S/4C11H19O4.Zr/c4*1-10(2,3)7(12)6-8(13)11(4,5)9(14)15;/h4*14-15H,6H2,1-5H3;. The first-order valence-corrected chi connectivity index (χ1v) is 25.2. The van der Waals surface area contributed by atoms with E-state index in [4.69, 9.17) is 0 Å². The molecule has 0 spiro atoms. The summed E-state index contributed by atoms with van der Waals surface area (Å²) in [5.41, 5.74) is -17.6. The van der Waals surface area contributed by atoms with Crippen molar-refractivity contribution in [3.63, 3.8) is 0 Å². The van der Waals surface area contributed by atoms with Gasteiger partial charge >= 0.3 is 367 Å². The van der Waals surface area contributed by atoms with E-state index in [1.165, 1.54) is 83.1 Å². The molecule has 0 atom stereocenters. The van der Waals surface area contributed by atoms with Crippen molar-refractivity contribution in [2.45, 2.75) is 178 Å². The molecule has 0 aromatic rings. The Hall–Kier alpha value is -2.08. The summed E-state index contributed by atoms with van der Waals surface area (Å²) in [6.45, 7) is 22.6. The molecular formula is C44H76O16Zr. The van der Waals surface area contributed by atoms with Crippen molar-refractivity contribution in [2.24, 2.45) is 43.3 Å². The molecule has 0 aliphatic carbocycles. The van der Waals surface area contributed by atoms with Gasteiger partial charge in [0.05, 0.1) is 0 Å². The summed E-state index contributed by atoms with van der Waals surface area (Å²) in [6, 6.07) is 0. The molecule has 0 fully saturated rings. The zero-order valence-electron chi connectivity index (χ0n) is 40.2. The summed E-state index contributed by atoms with van der Waals surface area (Å²) in [6.07, 6.45) is -4.59. The molecule has 0 aliphatic rings. The van der Waals surface area contributed by atoms with E-state index in [0.29, 0.717) is 55.4 Å². The van der Waals surface area contributed by atoms with E-state index < -0.39 is 150 Å². The number of carbonyl (C=O) groups is 8. The van der Waals surface area contributed by atoms with Gasteiger partial charge in [-0.15, -0.1) is 0 Å². The molecule has 0 rings (SSSR count). The molecule has 0 saturated heterocycles. The van der Waals surface area contributed by atoms with E-state index in [0.717, 1.165) is 0 Å². The molecule has 0 amide bonds. The zero-order chi connectivity index (χ0) is 49.9. The van der Waals surface area contributed by atoms with Crippen LogP contribution in [-0.4, -0.2) is 101 Å². The summed E-state index contributed by atoms with van der Waals surface area (Å²) in [7, 11) is 0. The van der Waals surface area contributed by atoms with Crippen molar-refractivity contribution in [3.8, 4) is 0 Å². The third-order valence-electron chi connectivity index (χ3n) is 13.0. The van der Waals surface area contributed by atoms with Gasteiger partial charge in [-0.2, -0.15) is 0 Å². The van der Waals surface area contributed by atoms with Crippen molar-refractivity contribution in [3.05, 3.63) is 0 Å². The van der Waals surface area contributed by atoms with E-state index in [2.05, 4.69) is 0 Å². The van der Waals surface area contributed by atoms with Crippen molar-refractivity contribution < 1.29 is 99.5 Å². The Balaban J connectivity index is 9.68. The predicted octanol–water partition coefficient (Wildman–Crippen LogP) is 3.10. The van der Waals surface area contributed by atoms with Gasteiger partial charge in [0, 0.05) is 0 Å². The fourth-order valence-electron chi connectivity index (χ4n) is 6.64. The van der Waals surface area contributed by atoms with Gasteiger partial charge in [-0.1, -0.05) is 0 Å². The molecule has 17 heteroatoms. The number of Topliss-reactive ketones (excluding diaryl/α,β-unsaturated/α-hetero) is 8. The molecule has 0 unspecified atom stereocenters. The molecule has 0 saturated carbocycles. The third-order valence-corrected chi connectivity index (χ3v) is 29.4. The Bertz CT molecular complexity index is 1520. The van der Waals surface area contributed by atoms with Gasteiger partial charge in [-0.3, -0.25) is 0 Å². The Morgan fingerprint density at radius 3 is 0.475 bits per heavy atom. The van der Waals surface area contributed by atoms with Crippen LogP contribution in [0.25, 0.3) is 0 Å². The Labute approximate surface area is 365 Å². The summed E-state index contributed by atoms with van der Waals surface area (Å²) in [4.78, 5) is 111. The number of carbonyl (C=O) groups excluding carboxylic acids is 8. The van der Waals surface area contributed by atoms with Crippen molar-refractivity contribution in [1.82, 2.24) is 0 Å². The summed E-state index contributed by atoms with van der Waals surface area (Å²) in [5.74, 6) is -9.07. The van der Waals surface area contributed by atoms with Crippen molar-refractivity contribution in [2.75, 3.05) is 0 Å². The Morgan fingerprint density at radius 2 is 0.377 bits per heavy atom. The van der Waals surface area contributed by atoms with Crippen LogP contribution in [0.3, 0.4) is 0 Å². The predicted molar refractivity (Wildman–Crippen MR) is 220 cm³/mol. The molecular weight excluding hydrogens is 876 g/mol. The van der Waals surface area contributed by atoms with E-state index in [1.807, 2.05) is 0 Å². The van der Waals surface area contributed by atoms with Gasteiger partial charge in [-0.25, -0.2) is 0 Å². The van der Waals surface area contributed by atoms with Crippen LogP contribution < -0.4 is 0 Å². The minimum absolute atomic E-state index is 0.701. The van der Waals surface area contributed by atoms with E-state index in [9.17, 15) is 79.2 Å². The zero-order valence-corrected chi connectivity index (χ0v) is 42.6. The number of ketones is 8. The monoisotopic (exact) mass is 950 g/mol.